The summed E-state index contributed by atoms with van der Waals surface area (Å²) in [7, 11) is 0. The molecule has 0 spiro atoms. The molecule has 0 bridgehead atoms. The summed E-state index contributed by atoms with van der Waals surface area (Å²) in [5.74, 6) is -1.08. The Morgan fingerprint density at radius 3 is 3.00 bits per heavy atom. The average Bonchev–Trinajstić information content (AvgIpc) is 2.18. The van der Waals surface area contributed by atoms with Crippen LogP contribution >= 0.6 is 0 Å². The normalized spacial score (nSPS) is 12.1. The molecular formula is C10H14N2O3. The highest BCUT2D eigenvalue weighted by Gasteiger charge is 2.09. The molecule has 1 aromatic rings. The van der Waals surface area contributed by atoms with Crippen molar-refractivity contribution in [3.8, 4) is 6.01 Å². The van der Waals surface area contributed by atoms with Crippen LogP contribution in [0.3, 0.4) is 0 Å². The van der Waals surface area contributed by atoms with Crippen LogP contribution < -0.4 is 4.74 Å². The van der Waals surface area contributed by atoms with E-state index in [1.807, 2.05) is 13.8 Å². The minimum atomic E-state index is -1.08. The number of ether oxygens (including phenoxy) is 1. The maximum Gasteiger partial charge on any atom is 0.354 e. The van der Waals surface area contributed by atoms with Crippen molar-refractivity contribution < 1.29 is 14.6 Å². The van der Waals surface area contributed by atoms with Gasteiger partial charge in [-0.25, -0.2) is 9.78 Å². The third-order valence-electron chi connectivity index (χ3n) is 1.85. The van der Waals surface area contributed by atoms with E-state index in [4.69, 9.17) is 9.84 Å². The molecule has 1 unspecified atom stereocenters. The quantitative estimate of drug-likeness (QED) is 0.801. The zero-order valence-electron chi connectivity index (χ0n) is 8.80. The van der Waals surface area contributed by atoms with E-state index in [2.05, 4.69) is 9.97 Å². The van der Waals surface area contributed by atoms with Crippen molar-refractivity contribution in [2.24, 2.45) is 0 Å². The molecule has 1 aromatic heterocycles. The number of nitrogens with zero attached hydrogens (tertiary/aromatic N) is 2. The van der Waals surface area contributed by atoms with Crippen molar-refractivity contribution in [1.29, 1.82) is 0 Å². The predicted molar refractivity (Wildman–Crippen MR) is 54.0 cm³/mol. The lowest BCUT2D eigenvalue weighted by atomic mass is 10.2. The van der Waals surface area contributed by atoms with Crippen molar-refractivity contribution in [3.63, 3.8) is 0 Å². The standard InChI is InChI=1S/C10H14N2O3/c1-3-4-7(2)15-10-11-6-5-8(12-10)9(13)14/h5-7H,3-4H2,1-2H3,(H,13,14). The molecule has 0 saturated carbocycles. The van der Waals surface area contributed by atoms with Gasteiger partial charge in [-0.15, -0.1) is 0 Å². The first-order valence-corrected chi connectivity index (χ1v) is 4.86. The number of carbonyl (C=O) groups is 1. The Hall–Kier alpha value is -1.65. The van der Waals surface area contributed by atoms with Gasteiger partial charge in [0.2, 0.25) is 0 Å². The number of rotatable bonds is 5. The van der Waals surface area contributed by atoms with Crippen LogP contribution in [0.25, 0.3) is 0 Å². The molecular weight excluding hydrogens is 196 g/mol. The first-order valence-electron chi connectivity index (χ1n) is 4.86. The molecule has 82 valence electrons. The van der Waals surface area contributed by atoms with E-state index in [1.54, 1.807) is 0 Å². The molecule has 1 atom stereocenters. The second-order valence-corrected chi connectivity index (χ2v) is 3.25. The van der Waals surface area contributed by atoms with Crippen LogP contribution in [0.4, 0.5) is 0 Å². The molecule has 1 N–H and O–H groups in total. The van der Waals surface area contributed by atoms with Gasteiger partial charge in [0.05, 0.1) is 6.10 Å². The van der Waals surface area contributed by atoms with E-state index < -0.39 is 5.97 Å². The van der Waals surface area contributed by atoms with E-state index >= 15 is 0 Å². The Morgan fingerprint density at radius 2 is 2.40 bits per heavy atom. The van der Waals surface area contributed by atoms with E-state index in [1.165, 1.54) is 12.3 Å². The summed E-state index contributed by atoms with van der Waals surface area (Å²) in [6, 6.07) is 1.45. The lowest BCUT2D eigenvalue weighted by molar-refractivity contribution is 0.0687. The Balaban J connectivity index is 2.69. The number of carboxylic acids is 1. The lowest BCUT2D eigenvalue weighted by Crippen LogP contribution is -2.14. The second-order valence-electron chi connectivity index (χ2n) is 3.25. The fraction of sp³-hybridized carbons (Fsp3) is 0.500. The zero-order valence-corrected chi connectivity index (χ0v) is 8.80. The van der Waals surface area contributed by atoms with Gasteiger partial charge in [0, 0.05) is 6.20 Å². The number of hydrogen-bond acceptors (Lipinski definition) is 4. The van der Waals surface area contributed by atoms with Gasteiger partial charge in [0.25, 0.3) is 0 Å². The van der Waals surface area contributed by atoms with Crippen LogP contribution in [0.1, 0.15) is 37.2 Å². The largest absolute Gasteiger partial charge is 0.477 e. The molecule has 0 amide bonds. The number of aromatic carboxylic acids is 1. The summed E-state index contributed by atoms with van der Waals surface area (Å²) in [6.45, 7) is 3.95. The maximum absolute atomic E-state index is 10.6. The molecule has 0 aliphatic heterocycles. The summed E-state index contributed by atoms with van der Waals surface area (Å²) < 4.78 is 5.36. The van der Waals surface area contributed by atoms with E-state index in [0.29, 0.717) is 0 Å². The second kappa shape index (κ2) is 5.29. The van der Waals surface area contributed by atoms with Gasteiger partial charge in [-0.1, -0.05) is 13.3 Å². The zero-order chi connectivity index (χ0) is 11.3. The first-order chi connectivity index (χ1) is 7.13. The van der Waals surface area contributed by atoms with Gasteiger partial charge in [0.15, 0.2) is 5.69 Å². The van der Waals surface area contributed by atoms with Gasteiger partial charge in [0.1, 0.15) is 0 Å². The van der Waals surface area contributed by atoms with Crippen molar-refractivity contribution in [1.82, 2.24) is 9.97 Å². The van der Waals surface area contributed by atoms with Gasteiger partial charge >= 0.3 is 12.0 Å². The van der Waals surface area contributed by atoms with Crippen LogP contribution in [0.15, 0.2) is 12.3 Å². The van der Waals surface area contributed by atoms with Crippen LogP contribution in [0, 0.1) is 0 Å². The lowest BCUT2D eigenvalue weighted by Gasteiger charge is -2.11. The van der Waals surface area contributed by atoms with Gasteiger partial charge in [-0.3, -0.25) is 0 Å². The topological polar surface area (TPSA) is 72.3 Å². The summed E-state index contributed by atoms with van der Waals surface area (Å²) in [6.07, 6.45) is 3.27. The van der Waals surface area contributed by atoms with Crippen LogP contribution in [-0.4, -0.2) is 27.1 Å². The summed E-state index contributed by atoms with van der Waals surface area (Å²) in [5.41, 5.74) is -0.0521. The monoisotopic (exact) mass is 210 g/mol. The van der Waals surface area contributed by atoms with Crippen molar-refractivity contribution in [3.05, 3.63) is 18.0 Å². The molecule has 1 heterocycles. The van der Waals surface area contributed by atoms with E-state index in [9.17, 15) is 4.79 Å². The molecule has 1 rings (SSSR count). The SMILES string of the molecule is CCCC(C)Oc1nccc(C(=O)O)n1. The molecule has 0 fully saturated rings. The number of carboxylic acid groups (broad SMARTS) is 1. The van der Waals surface area contributed by atoms with Crippen LogP contribution in [-0.2, 0) is 0 Å². The van der Waals surface area contributed by atoms with Gasteiger partial charge < -0.3 is 9.84 Å². The summed E-state index contributed by atoms with van der Waals surface area (Å²) in [4.78, 5) is 18.2. The van der Waals surface area contributed by atoms with Gasteiger partial charge in [-0.05, 0) is 19.4 Å². The van der Waals surface area contributed by atoms with E-state index in [-0.39, 0.29) is 17.8 Å². The predicted octanol–water partition coefficient (Wildman–Crippen LogP) is 1.74. The third-order valence-corrected chi connectivity index (χ3v) is 1.85. The molecule has 0 saturated heterocycles. The average molecular weight is 210 g/mol. The summed E-state index contributed by atoms with van der Waals surface area (Å²) >= 11 is 0. The molecule has 0 aliphatic rings. The Bertz CT molecular complexity index is 341. The maximum atomic E-state index is 10.6. The van der Waals surface area contributed by atoms with Crippen molar-refractivity contribution in [2.75, 3.05) is 0 Å². The Labute approximate surface area is 88.1 Å². The molecule has 15 heavy (non-hydrogen) atoms. The smallest absolute Gasteiger partial charge is 0.354 e. The van der Waals surface area contributed by atoms with Crippen LogP contribution in [0.2, 0.25) is 0 Å². The highest BCUT2D eigenvalue weighted by molar-refractivity contribution is 5.85. The molecule has 5 heteroatoms. The van der Waals surface area contributed by atoms with Gasteiger partial charge in [-0.2, -0.15) is 4.98 Å². The fourth-order valence-corrected chi connectivity index (χ4v) is 1.16. The van der Waals surface area contributed by atoms with Crippen LogP contribution in [0.5, 0.6) is 6.01 Å². The molecule has 0 radical (unpaired) electrons. The molecule has 0 aliphatic carbocycles. The minimum absolute atomic E-state index is 0.000884. The Kier molecular flexibility index (Phi) is 4.03. The summed E-state index contributed by atoms with van der Waals surface area (Å²) in [5, 5.41) is 8.70. The highest BCUT2D eigenvalue weighted by atomic mass is 16.5. The highest BCUT2D eigenvalue weighted by Crippen LogP contribution is 2.08. The first kappa shape index (κ1) is 11.4. The molecule has 0 aromatic carbocycles. The third kappa shape index (κ3) is 3.53. The minimum Gasteiger partial charge on any atom is -0.477 e. The van der Waals surface area contributed by atoms with Crippen molar-refractivity contribution in [2.45, 2.75) is 32.8 Å². The molecule has 5 nitrogen and oxygen atoms in total. The number of hydrogen-bond donors (Lipinski definition) is 1. The Morgan fingerprint density at radius 1 is 1.67 bits per heavy atom. The number of aromatic nitrogens is 2. The van der Waals surface area contributed by atoms with E-state index in [0.717, 1.165) is 12.8 Å². The van der Waals surface area contributed by atoms with Crippen molar-refractivity contribution >= 4 is 5.97 Å². The fourth-order valence-electron chi connectivity index (χ4n) is 1.16.